The Hall–Kier alpha value is -0.440. The molecule has 0 spiro atoms. The smallest absolute Gasteiger partial charge is 0.320 e. The summed E-state index contributed by atoms with van der Waals surface area (Å²) in [7, 11) is 0. The summed E-state index contributed by atoms with van der Waals surface area (Å²) in [6, 6.07) is -1.49. The first-order chi connectivity index (χ1) is 7.36. The van der Waals surface area contributed by atoms with Crippen LogP contribution in [0.5, 0.6) is 0 Å². The Morgan fingerprint density at radius 2 is 1.19 bits per heavy atom. The quantitative estimate of drug-likeness (QED) is 0.359. The second-order valence-electron chi connectivity index (χ2n) is 2.91. The van der Waals surface area contributed by atoms with Crippen molar-refractivity contribution in [3.05, 3.63) is 0 Å². The molecule has 1 unspecified atom stereocenters. The average Bonchev–Trinajstić information content (AvgIpc) is 2.19. The van der Waals surface area contributed by atoms with E-state index in [1.807, 2.05) is 0 Å². The van der Waals surface area contributed by atoms with Crippen LogP contribution in [0.3, 0.4) is 0 Å². The van der Waals surface area contributed by atoms with Crippen molar-refractivity contribution in [3.8, 4) is 0 Å². The molecule has 0 aromatic carbocycles. The number of carbonyl (C=O) groups is 2. The van der Waals surface area contributed by atoms with E-state index < -0.39 is 24.0 Å². The Morgan fingerprint density at radius 3 is 1.25 bits per heavy atom. The van der Waals surface area contributed by atoms with E-state index >= 15 is 0 Å². The molecule has 0 saturated heterocycles. The van der Waals surface area contributed by atoms with Crippen molar-refractivity contribution in [3.63, 3.8) is 0 Å². The highest BCUT2D eigenvalue weighted by atomic mass is 32.1. The Kier molecular flexibility index (Phi) is 12.4. The van der Waals surface area contributed by atoms with Gasteiger partial charge in [0.05, 0.1) is 0 Å². The first-order valence-corrected chi connectivity index (χ1v) is 5.81. The third-order valence-electron chi connectivity index (χ3n) is 1.51. The van der Waals surface area contributed by atoms with E-state index in [0.29, 0.717) is 24.3 Å². The summed E-state index contributed by atoms with van der Waals surface area (Å²) in [5.41, 5.74) is 10.2. The van der Waals surface area contributed by atoms with Gasteiger partial charge in [0.25, 0.3) is 0 Å². The van der Waals surface area contributed by atoms with Crippen molar-refractivity contribution in [1.29, 1.82) is 0 Å². The van der Waals surface area contributed by atoms with Gasteiger partial charge < -0.3 is 21.7 Å². The summed E-state index contributed by atoms with van der Waals surface area (Å²) >= 11 is 7.62. The fourth-order valence-electron chi connectivity index (χ4n) is 0.525. The Morgan fingerprint density at radius 1 is 0.938 bits per heavy atom. The van der Waals surface area contributed by atoms with E-state index in [-0.39, 0.29) is 0 Å². The fraction of sp³-hybridized carbons (Fsp3) is 0.750. The molecule has 0 aliphatic carbocycles. The number of aliphatic carboxylic acids is 2. The van der Waals surface area contributed by atoms with Crippen LogP contribution in [0.2, 0.25) is 0 Å². The van der Waals surface area contributed by atoms with Gasteiger partial charge in [0.2, 0.25) is 0 Å². The Labute approximate surface area is 105 Å². The monoisotopic (exact) mass is 270 g/mol. The fourth-order valence-corrected chi connectivity index (χ4v) is 1.08. The maximum absolute atomic E-state index is 9.93. The summed E-state index contributed by atoms with van der Waals surface area (Å²) in [6.45, 7) is 0. The molecule has 16 heavy (non-hydrogen) atoms. The molecule has 2 atom stereocenters. The summed E-state index contributed by atoms with van der Waals surface area (Å²) in [4.78, 5) is 19.9. The average molecular weight is 270 g/mol. The van der Waals surface area contributed by atoms with Crippen molar-refractivity contribution in [2.45, 2.75) is 24.9 Å². The van der Waals surface area contributed by atoms with Gasteiger partial charge in [-0.05, 0) is 24.3 Å². The van der Waals surface area contributed by atoms with Crippen LogP contribution in [0.25, 0.3) is 0 Å². The molecule has 6 nitrogen and oxygen atoms in total. The zero-order valence-electron chi connectivity index (χ0n) is 8.74. The van der Waals surface area contributed by atoms with E-state index in [2.05, 4.69) is 25.3 Å². The minimum Gasteiger partial charge on any atom is -0.480 e. The van der Waals surface area contributed by atoms with Crippen molar-refractivity contribution in [1.82, 2.24) is 0 Å². The number of carboxylic acid groups (broad SMARTS) is 2. The highest BCUT2D eigenvalue weighted by Crippen LogP contribution is 1.89. The highest BCUT2D eigenvalue weighted by Gasteiger charge is 2.08. The number of rotatable bonds is 6. The van der Waals surface area contributed by atoms with Gasteiger partial charge in [0.15, 0.2) is 0 Å². The molecule has 0 fully saturated rings. The van der Waals surface area contributed by atoms with E-state index in [4.69, 9.17) is 21.7 Å². The van der Waals surface area contributed by atoms with Gasteiger partial charge in [-0.25, -0.2) is 0 Å². The van der Waals surface area contributed by atoms with Gasteiger partial charge >= 0.3 is 11.9 Å². The molecular weight excluding hydrogens is 252 g/mol. The summed E-state index contributed by atoms with van der Waals surface area (Å²) in [5, 5.41) is 16.3. The Bertz CT molecular complexity index is 194. The van der Waals surface area contributed by atoms with E-state index in [9.17, 15) is 9.59 Å². The van der Waals surface area contributed by atoms with Crippen LogP contribution in [0.1, 0.15) is 12.8 Å². The number of hydrogen-bond acceptors (Lipinski definition) is 6. The number of thiol groups is 2. The van der Waals surface area contributed by atoms with E-state index in [1.54, 1.807) is 0 Å². The first kappa shape index (κ1) is 17.9. The third-order valence-corrected chi connectivity index (χ3v) is 2.03. The zero-order valence-corrected chi connectivity index (χ0v) is 10.5. The molecule has 0 aromatic rings. The van der Waals surface area contributed by atoms with Crippen molar-refractivity contribution in [2.24, 2.45) is 11.5 Å². The molecule has 0 heterocycles. The molecule has 0 saturated carbocycles. The normalized spacial score (nSPS) is 13.2. The van der Waals surface area contributed by atoms with Gasteiger partial charge in [0, 0.05) is 0 Å². The molecule has 96 valence electrons. The van der Waals surface area contributed by atoms with E-state index in [1.165, 1.54) is 0 Å². The minimum absolute atomic E-state index is 0.429. The molecule has 0 bridgehead atoms. The van der Waals surface area contributed by atoms with Crippen LogP contribution in [0.4, 0.5) is 0 Å². The topological polar surface area (TPSA) is 127 Å². The standard InChI is InChI=1S/2C4H9NO2S/c2*5-3(1-2-8)4(6)7/h2*3,8H,1-2,5H2,(H,6,7)/t3-;/m0./s1. The maximum Gasteiger partial charge on any atom is 0.320 e. The lowest BCUT2D eigenvalue weighted by Crippen LogP contribution is -2.30. The second kappa shape index (κ2) is 11.1. The zero-order chi connectivity index (χ0) is 13.1. The Balaban J connectivity index is 0. The minimum atomic E-state index is -0.959. The van der Waals surface area contributed by atoms with Crippen LogP contribution in [0, 0.1) is 0 Å². The molecule has 0 rings (SSSR count). The van der Waals surface area contributed by atoms with Crippen LogP contribution in [-0.2, 0) is 9.59 Å². The predicted octanol–water partition coefficient (Wildman–Crippen LogP) is -0.564. The summed E-state index contributed by atoms with van der Waals surface area (Å²) in [5.74, 6) is -0.876. The number of hydrogen-bond donors (Lipinski definition) is 6. The second-order valence-corrected chi connectivity index (χ2v) is 3.81. The van der Waals surface area contributed by atoms with Gasteiger partial charge in [-0.3, -0.25) is 9.59 Å². The van der Waals surface area contributed by atoms with Gasteiger partial charge in [0.1, 0.15) is 12.1 Å². The molecule has 0 aromatic heterocycles. The molecule has 0 radical (unpaired) electrons. The molecule has 0 aliphatic heterocycles. The molecule has 8 heteroatoms. The van der Waals surface area contributed by atoms with Crippen LogP contribution in [-0.4, -0.2) is 45.7 Å². The van der Waals surface area contributed by atoms with E-state index in [0.717, 1.165) is 0 Å². The number of nitrogens with two attached hydrogens (primary N) is 2. The molecular formula is C8H18N2O4S2. The van der Waals surface area contributed by atoms with Gasteiger partial charge in [-0.1, -0.05) is 0 Å². The molecule has 0 aliphatic rings. The van der Waals surface area contributed by atoms with Gasteiger partial charge in [-0.2, -0.15) is 25.3 Å². The first-order valence-electron chi connectivity index (χ1n) is 4.55. The van der Waals surface area contributed by atoms with Crippen LogP contribution in [0.15, 0.2) is 0 Å². The lowest BCUT2D eigenvalue weighted by Gasteiger charge is -2.00. The SMILES string of the molecule is NC(CCS)C(=O)O.N[C@@H](CCS)C(=O)O. The lowest BCUT2D eigenvalue weighted by atomic mass is 10.2. The largest absolute Gasteiger partial charge is 0.480 e. The summed E-state index contributed by atoms with van der Waals surface area (Å²) in [6.07, 6.45) is 0.858. The van der Waals surface area contributed by atoms with Crippen molar-refractivity contribution in [2.75, 3.05) is 11.5 Å². The third kappa shape index (κ3) is 11.6. The van der Waals surface area contributed by atoms with Gasteiger partial charge in [-0.15, -0.1) is 0 Å². The molecule has 6 N–H and O–H groups in total. The lowest BCUT2D eigenvalue weighted by molar-refractivity contribution is -0.139. The maximum atomic E-state index is 9.93. The predicted molar refractivity (Wildman–Crippen MR) is 68.2 cm³/mol. The van der Waals surface area contributed by atoms with Crippen molar-refractivity contribution >= 4 is 37.2 Å². The summed E-state index contributed by atoms with van der Waals surface area (Å²) < 4.78 is 0. The number of carboxylic acids is 2. The highest BCUT2D eigenvalue weighted by molar-refractivity contribution is 7.80. The van der Waals surface area contributed by atoms with Crippen molar-refractivity contribution < 1.29 is 19.8 Å². The molecule has 0 amide bonds. The van der Waals surface area contributed by atoms with Crippen LogP contribution < -0.4 is 11.5 Å². The van der Waals surface area contributed by atoms with Crippen LogP contribution >= 0.6 is 25.3 Å².